The smallest absolute Gasteiger partial charge is 0.312 e. The van der Waals surface area contributed by atoms with E-state index in [9.17, 15) is 22.7 Å². The van der Waals surface area contributed by atoms with Crippen LogP contribution in [-0.2, 0) is 20.8 Å². The van der Waals surface area contributed by atoms with E-state index < -0.39 is 45.9 Å². The number of methoxy groups -OCH3 is 1. The minimum Gasteiger partial charge on any atom is -0.469 e. The van der Waals surface area contributed by atoms with Crippen LogP contribution in [0, 0.1) is 19.3 Å². The molecule has 2 aliphatic rings. The van der Waals surface area contributed by atoms with Crippen molar-refractivity contribution >= 4 is 22.4 Å². The van der Waals surface area contributed by atoms with Crippen LogP contribution in [0.15, 0.2) is 47.6 Å². The molecule has 0 amide bonds. The number of aromatic nitrogens is 5. The van der Waals surface area contributed by atoms with Crippen LogP contribution in [0.25, 0.3) is 5.65 Å². The van der Waals surface area contributed by atoms with Gasteiger partial charge in [0.15, 0.2) is 11.2 Å². The third kappa shape index (κ3) is 5.21. The first kappa shape index (κ1) is 31.2. The molecule has 0 radical (unpaired) electrons. The first-order chi connectivity index (χ1) is 21.3. The van der Waals surface area contributed by atoms with Gasteiger partial charge in [-0.15, -0.1) is 21.0 Å². The molecule has 1 fully saturated rings. The van der Waals surface area contributed by atoms with Gasteiger partial charge in [0.1, 0.15) is 4.90 Å². The minimum atomic E-state index is -3.55. The minimum absolute atomic E-state index is 0.0345. The Morgan fingerprint density at radius 1 is 1.18 bits per heavy atom. The molecule has 0 aliphatic carbocycles. The number of fused-ring (bicyclic) bond motifs is 2. The number of aryl methyl sites for hydroxylation is 2. The fourth-order valence-corrected chi connectivity index (χ4v) is 7.61. The van der Waals surface area contributed by atoms with E-state index in [1.807, 2.05) is 13.0 Å². The van der Waals surface area contributed by atoms with Gasteiger partial charge >= 0.3 is 5.97 Å². The van der Waals surface area contributed by atoms with Crippen LogP contribution in [0.2, 0.25) is 0 Å². The molecule has 4 aromatic heterocycles. The zero-order valence-corrected chi connectivity index (χ0v) is 26.2. The fourth-order valence-electron chi connectivity index (χ4n) is 6.03. The Morgan fingerprint density at radius 2 is 1.93 bits per heavy atom. The number of hydrogen-bond acceptors (Lipinski definition) is 11. The van der Waals surface area contributed by atoms with Crippen molar-refractivity contribution in [2.45, 2.75) is 57.1 Å². The molecule has 6 heterocycles. The lowest BCUT2D eigenvalue weighted by Crippen LogP contribution is -2.60. The number of ether oxygens (including phenoxy) is 3. The van der Waals surface area contributed by atoms with Crippen molar-refractivity contribution in [1.82, 2.24) is 28.9 Å². The number of alkyl halides is 2. The Labute approximate surface area is 259 Å². The number of halogens is 2. The SMILES string of the molecule is COC(=O)C(C)(C)C(c1ccc(C)c(CN2CC3(COC3)Oc3ncccc3S2(O)O)n1)c1ccn2c(C(F)F)nnc2c1C. The lowest BCUT2D eigenvalue weighted by atomic mass is 9.72. The molecule has 4 aromatic rings. The molecule has 6 rings (SSSR count). The Bertz CT molecular complexity index is 1780. The summed E-state index contributed by atoms with van der Waals surface area (Å²) in [4.78, 5) is 22.7. The molecule has 1 atom stereocenters. The number of carbonyl (C=O) groups excluding carboxylic acids is 1. The van der Waals surface area contributed by atoms with Crippen molar-refractivity contribution in [3.05, 3.63) is 76.6 Å². The van der Waals surface area contributed by atoms with E-state index in [1.165, 1.54) is 23.9 Å². The number of esters is 1. The predicted molar refractivity (Wildman–Crippen MR) is 159 cm³/mol. The van der Waals surface area contributed by atoms with Crippen LogP contribution in [-0.4, -0.2) is 76.4 Å². The second-order valence-electron chi connectivity index (χ2n) is 12.0. The highest BCUT2D eigenvalue weighted by Gasteiger charge is 2.50. The van der Waals surface area contributed by atoms with E-state index in [1.54, 1.807) is 49.3 Å². The maximum atomic E-state index is 13.6. The van der Waals surface area contributed by atoms with Crippen LogP contribution < -0.4 is 4.74 Å². The largest absolute Gasteiger partial charge is 0.469 e. The van der Waals surface area contributed by atoms with Gasteiger partial charge in [-0.05, 0) is 68.7 Å². The molecular weight excluding hydrogens is 610 g/mol. The van der Waals surface area contributed by atoms with Gasteiger partial charge in [-0.25, -0.2) is 13.8 Å². The summed E-state index contributed by atoms with van der Waals surface area (Å²) >= 11 is 0. The third-order valence-electron chi connectivity index (χ3n) is 8.58. The molecule has 0 aromatic carbocycles. The Morgan fingerprint density at radius 3 is 2.60 bits per heavy atom. The topological polar surface area (TPSA) is 144 Å². The zero-order chi connectivity index (χ0) is 32.3. The summed E-state index contributed by atoms with van der Waals surface area (Å²) in [7, 11) is -2.25. The van der Waals surface area contributed by atoms with E-state index >= 15 is 0 Å². The van der Waals surface area contributed by atoms with Crippen molar-refractivity contribution in [3.8, 4) is 5.88 Å². The highest BCUT2D eigenvalue weighted by molar-refractivity contribution is 8.22. The molecule has 2 N–H and O–H groups in total. The molecule has 240 valence electrons. The lowest BCUT2D eigenvalue weighted by molar-refractivity contribution is -0.167. The number of rotatable bonds is 7. The average molecular weight is 645 g/mol. The predicted octanol–water partition coefficient (Wildman–Crippen LogP) is 5.09. The molecule has 1 unspecified atom stereocenters. The summed E-state index contributed by atoms with van der Waals surface area (Å²) in [6.07, 6.45) is 0.175. The number of carbonyl (C=O) groups is 1. The molecule has 15 heteroatoms. The summed E-state index contributed by atoms with van der Waals surface area (Å²) in [6, 6.07) is 8.52. The third-order valence-corrected chi connectivity index (χ3v) is 10.5. The molecule has 45 heavy (non-hydrogen) atoms. The van der Waals surface area contributed by atoms with Gasteiger partial charge in [0, 0.05) is 24.0 Å². The fraction of sp³-hybridized carbons (Fsp3) is 0.433. The second kappa shape index (κ2) is 11.2. The highest BCUT2D eigenvalue weighted by atomic mass is 32.3. The van der Waals surface area contributed by atoms with Gasteiger partial charge < -0.3 is 14.2 Å². The van der Waals surface area contributed by atoms with Crippen molar-refractivity contribution in [2.75, 3.05) is 26.9 Å². The quantitative estimate of drug-likeness (QED) is 0.260. The van der Waals surface area contributed by atoms with Gasteiger partial charge in [-0.2, -0.15) is 4.31 Å². The Balaban J connectivity index is 1.45. The lowest BCUT2D eigenvalue weighted by Gasteiger charge is -2.45. The molecule has 12 nitrogen and oxygen atoms in total. The van der Waals surface area contributed by atoms with Gasteiger partial charge in [-0.3, -0.25) is 23.3 Å². The first-order valence-electron chi connectivity index (χ1n) is 14.2. The maximum Gasteiger partial charge on any atom is 0.312 e. The summed E-state index contributed by atoms with van der Waals surface area (Å²) in [5.74, 6) is -1.53. The summed E-state index contributed by atoms with van der Waals surface area (Å²) in [6.45, 7) is 7.76. The molecule has 0 bridgehead atoms. The van der Waals surface area contributed by atoms with Gasteiger partial charge in [-0.1, -0.05) is 6.07 Å². The molecular formula is C30H34F2N6O6S. The van der Waals surface area contributed by atoms with E-state index in [-0.39, 0.29) is 42.7 Å². The molecule has 1 spiro atoms. The van der Waals surface area contributed by atoms with Crippen LogP contribution in [0.5, 0.6) is 5.88 Å². The Hall–Kier alpha value is -3.76. The first-order valence-corrected chi connectivity index (χ1v) is 15.7. The van der Waals surface area contributed by atoms with Crippen LogP contribution in [0.4, 0.5) is 8.78 Å². The molecule has 2 aliphatic heterocycles. The number of hydrogen-bond donors (Lipinski definition) is 2. The monoisotopic (exact) mass is 644 g/mol. The number of pyridine rings is 3. The number of nitrogens with zero attached hydrogens (tertiary/aromatic N) is 6. The summed E-state index contributed by atoms with van der Waals surface area (Å²) in [5.41, 5.74) is 1.27. The summed E-state index contributed by atoms with van der Waals surface area (Å²) < 4.78 is 69.9. The van der Waals surface area contributed by atoms with Crippen molar-refractivity contribution < 1.29 is 36.9 Å². The van der Waals surface area contributed by atoms with E-state index in [0.717, 1.165) is 5.56 Å². The zero-order valence-electron chi connectivity index (χ0n) is 25.4. The van der Waals surface area contributed by atoms with Crippen molar-refractivity contribution in [2.24, 2.45) is 5.41 Å². The van der Waals surface area contributed by atoms with Gasteiger partial charge in [0.2, 0.25) is 11.7 Å². The van der Waals surface area contributed by atoms with E-state index in [2.05, 4.69) is 15.2 Å². The van der Waals surface area contributed by atoms with Crippen LogP contribution in [0.3, 0.4) is 0 Å². The van der Waals surface area contributed by atoms with Gasteiger partial charge in [0.05, 0.1) is 44.5 Å². The maximum absolute atomic E-state index is 13.6. The van der Waals surface area contributed by atoms with E-state index in [4.69, 9.17) is 19.2 Å². The standard InChI is InChI=1S/C30H34F2N6O6S/c1-17-8-9-20(23(29(3,4)28(39)42-5)19-10-12-38-25(18(19)2)35-36-26(38)24(31)32)34-21(17)13-37-14-30(15-43-16-30)44-27-22(45(37,40)41)7-6-11-33-27/h6-12,23-24,40-41H,13-16H2,1-5H3. The normalized spacial score (nSPS) is 19.0. The van der Waals surface area contributed by atoms with Gasteiger partial charge in [0.25, 0.3) is 6.43 Å². The van der Waals surface area contributed by atoms with Crippen LogP contribution in [0.1, 0.15) is 60.1 Å². The molecule has 1 saturated heterocycles. The van der Waals surface area contributed by atoms with Crippen LogP contribution >= 0.6 is 10.8 Å². The Kier molecular flexibility index (Phi) is 7.80. The van der Waals surface area contributed by atoms with Crippen molar-refractivity contribution in [3.63, 3.8) is 0 Å². The van der Waals surface area contributed by atoms with Crippen molar-refractivity contribution in [1.29, 1.82) is 0 Å². The second-order valence-corrected chi connectivity index (χ2v) is 14.0. The van der Waals surface area contributed by atoms with E-state index in [0.29, 0.717) is 22.5 Å². The average Bonchev–Trinajstić information content (AvgIpc) is 3.39. The summed E-state index contributed by atoms with van der Waals surface area (Å²) in [5, 5.41) is 7.69. The molecule has 0 saturated carbocycles. The highest BCUT2D eigenvalue weighted by Crippen LogP contribution is 2.58.